The van der Waals surface area contributed by atoms with Crippen LogP contribution in [0, 0.1) is 0 Å². The molecule has 1 heterocycles. The number of hydrogen-bond acceptors (Lipinski definition) is 4. The van der Waals surface area contributed by atoms with E-state index in [0.717, 1.165) is 25.7 Å². The number of nitrogens with zero attached hydrogens (tertiary/aromatic N) is 2. The molecule has 1 rings (SSSR count). The van der Waals surface area contributed by atoms with Crippen LogP contribution in [-0.4, -0.2) is 21.7 Å². The average molecular weight is 296 g/mol. The zero-order valence-electron chi connectivity index (χ0n) is 12.8. The largest absolute Gasteiger partial charge is 0.466 e. The van der Waals surface area contributed by atoms with Crippen LogP contribution < -0.4 is 11.2 Å². The number of hydrogen-bond donors (Lipinski definition) is 0. The maximum atomic E-state index is 12.0. The zero-order valence-corrected chi connectivity index (χ0v) is 12.8. The van der Waals surface area contributed by atoms with E-state index in [1.165, 1.54) is 10.6 Å². The molecule has 0 atom stereocenters. The average Bonchev–Trinajstić information content (AvgIpc) is 2.48. The fourth-order valence-corrected chi connectivity index (χ4v) is 2.04. The van der Waals surface area contributed by atoms with Gasteiger partial charge in [-0.15, -0.1) is 0 Å². The maximum absolute atomic E-state index is 12.0. The maximum Gasteiger partial charge on any atom is 0.330 e. The van der Waals surface area contributed by atoms with E-state index in [0.29, 0.717) is 26.1 Å². The number of carbonyl (C=O) groups is 1. The van der Waals surface area contributed by atoms with Crippen molar-refractivity contribution < 1.29 is 9.53 Å². The van der Waals surface area contributed by atoms with Gasteiger partial charge < -0.3 is 9.30 Å². The van der Waals surface area contributed by atoms with Crippen LogP contribution >= 0.6 is 0 Å². The van der Waals surface area contributed by atoms with Crippen molar-refractivity contribution >= 4 is 5.97 Å². The molecule has 0 N–H and O–H groups in total. The van der Waals surface area contributed by atoms with Gasteiger partial charge in [-0.05, 0) is 26.2 Å². The van der Waals surface area contributed by atoms with Crippen molar-refractivity contribution in [2.45, 2.75) is 59.0 Å². The summed E-state index contributed by atoms with van der Waals surface area (Å²) >= 11 is 0. The van der Waals surface area contributed by atoms with E-state index in [1.807, 2.05) is 0 Å². The lowest BCUT2D eigenvalue weighted by molar-refractivity contribution is -0.143. The molecule has 6 heteroatoms. The molecular weight excluding hydrogens is 272 g/mol. The van der Waals surface area contributed by atoms with Crippen molar-refractivity contribution in [2.75, 3.05) is 6.61 Å². The van der Waals surface area contributed by atoms with Gasteiger partial charge >= 0.3 is 11.7 Å². The van der Waals surface area contributed by atoms with Gasteiger partial charge in [0.05, 0.1) is 6.61 Å². The standard InChI is InChI=1S/C15H24N2O4/c1-3-14(19)21-12-8-6-5-7-10-16-11-9-13(18)17(4-2)15(16)20/h9,11H,3-8,10,12H2,1-2H3. The third-order valence-corrected chi connectivity index (χ3v) is 3.30. The summed E-state index contributed by atoms with van der Waals surface area (Å²) in [5, 5.41) is 0. The number of carbonyl (C=O) groups excluding carboxylic acids is 1. The highest BCUT2D eigenvalue weighted by Gasteiger charge is 2.03. The predicted molar refractivity (Wildman–Crippen MR) is 80.4 cm³/mol. The molecule has 118 valence electrons. The first kappa shape index (κ1) is 17.2. The van der Waals surface area contributed by atoms with Gasteiger partial charge in [-0.1, -0.05) is 13.3 Å². The lowest BCUT2D eigenvalue weighted by Crippen LogP contribution is -2.38. The monoisotopic (exact) mass is 296 g/mol. The van der Waals surface area contributed by atoms with Gasteiger partial charge in [0.25, 0.3) is 5.56 Å². The normalized spacial score (nSPS) is 10.6. The van der Waals surface area contributed by atoms with Crippen molar-refractivity contribution in [1.82, 2.24) is 9.13 Å². The summed E-state index contributed by atoms with van der Waals surface area (Å²) in [7, 11) is 0. The second-order valence-electron chi connectivity index (χ2n) is 4.86. The summed E-state index contributed by atoms with van der Waals surface area (Å²) < 4.78 is 7.78. The zero-order chi connectivity index (χ0) is 15.7. The lowest BCUT2D eigenvalue weighted by atomic mass is 10.2. The molecule has 0 bridgehead atoms. The van der Waals surface area contributed by atoms with E-state index in [4.69, 9.17) is 4.74 Å². The van der Waals surface area contributed by atoms with Crippen LogP contribution in [0.1, 0.15) is 46.0 Å². The highest BCUT2D eigenvalue weighted by atomic mass is 16.5. The molecule has 0 radical (unpaired) electrons. The Balaban J connectivity index is 2.29. The number of aryl methyl sites for hydroxylation is 1. The molecule has 0 aliphatic rings. The van der Waals surface area contributed by atoms with Crippen molar-refractivity contribution in [3.05, 3.63) is 33.1 Å². The third-order valence-electron chi connectivity index (χ3n) is 3.30. The minimum atomic E-state index is -0.253. The molecule has 0 saturated heterocycles. The lowest BCUT2D eigenvalue weighted by Gasteiger charge is -2.08. The summed E-state index contributed by atoms with van der Waals surface area (Å²) in [6, 6.07) is 1.43. The Bertz CT molecular complexity index is 560. The van der Waals surface area contributed by atoms with Crippen LogP contribution in [0.2, 0.25) is 0 Å². The second-order valence-corrected chi connectivity index (χ2v) is 4.86. The van der Waals surface area contributed by atoms with E-state index in [-0.39, 0.29) is 17.2 Å². The van der Waals surface area contributed by atoms with Gasteiger partial charge in [0.15, 0.2) is 0 Å². The summed E-state index contributed by atoms with van der Waals surface area (Å²) in [6.45, 7) is 5.02. The minimum Gasteiger partial charge on any atom is -0.466 e. The molecular formula is C15H24N2O4. The van der Waals surface area contributed by atoms with Crippen LogP contribution in [0.25, 0.3) is 0 Å². The van der Waals surface area contributed by atoms with Gasteiger partial charge in [-0.25, -0.2) is 4.79 Å². The first-order chi connectivity index (χ1) is 10.1. The molecule has 1 aromatic rings. The fourth-order valence-electron chi connectivity index (χ4n) is 2.04. The molecule has 0 aliphatic carbocycles. The molecule has 6 nitrogen and oxygen atoms in total. The van der Waals surface area contributed by atoms with E-state index in [2.05, 4.69) is 0 Å². The third kappa shape index (κ3) is 5.57. The predicted octanol–water partition coefficient (Wildman–Crippen LogP) is 1.54. The molecule has 0 saturated carbocycles. The highest BCUT2D eigenvalue weighted by molar-refractivity contribution is 5.68. The molecule has 1 aromatic heterocycles. The summed E-state index contributed by atoms with van der Waals surface area (Å²) in [5.74, 6) is -0.164. The van der Waals surface area contributed by atoms with Crippen LogP contribution in [-0.2, 0) is 22.6 Å². The molecule has 0 spiro atoms. The molecule has 0 aliphatic heterocycles. The van der Waals surface area contributed by atoms with Crippen LogP contribution in [0.5, 0.6) is 0 Å². The van der Waals surface area contributed by atoms with Crippen molar-refractivity contribution in [3.63, 3.8) is 0 Å². The Morgan fingerprint density at radius 2 is 1.86 bits per heavy atom. The van der Waals surface area contributed by atoms with E-state index in [1.54, 1.807) is 24.6 Å². The van der Waals surface area contributed by atoms with Gasteiger partial charge in [0.1, 0.15) is 0 Å². The summed E-state index contributed by atoms with van der Waals surface area (Å²) in [5.41, 5.74) is -0.502. The quantitative estimate of drug-likeness (QED) is 0.512. The van der Waals surface area contributed by atoms with Crippen LogP contribution in [0.4, 0.5) is 0 Å². The molecule has 0 unspecified atom stereocenters. The first-order valence-corrected chi connectivity index (χ1v) is 7.56. The topological polar surface area (TPSA) is 70.3 Å². The Morgan fingerprint density at radius 3 is 2.52 bits per heavy atom. The molecule has 0 fully saturated rings. The Morgan fingerprint density at radius 1 is 1.14 bits per heavy atom. The Hall–Kier alpha value is -1.85. The Labute approximate surface area is 124 Å². The number of rotatable bonds is 9. The van der Waals surface area contributed by atoms with Gasteiger partial charge in [0, 0.05) is 31.8 Å². The van der Waals surface area contributed by atoms with Crippen molar-refractivity contribution in [1.29, 1.82) is 0 Å². The molecule has 0 amide bonds. The van der Waals surface area contributed by atoms with Gasteiger partial charge in [0.2, 0.25) is 0 Å². The minimum absolute atomic E-state index is 0.164. The van der Waals surface area contributed by atoms with E-state index >= 15 is 0 Å². The van der Waals surface area contributed by atoms with Crippen LogP contribution in [0.15, 0.2) is 21.9 Å². The fraction of sp³-hybridized carbons (Fsp3) is 0.667. The highest BCUT2D eigenvalue weighted by Crippen LogP contribution is 2.02. The summed E-state index contributed by atoms with van der Waals surface area (Å²) in [6.07, 6.45) is 5.59. The number of esters is 1. The van der Waals surface area contributed by atoms with Gasteiger partial charge in [-0.3, -0.25) is 14.2 Å². The van der Waals surface area contributed by atoms with E-state index in [9.17, 15) is 14.4 Å². The Kier molecular flexibility index (Phi) is 7.50. The molecule has 21 heavy (non-hydrogen) atoms. The smallest absolute Gasteiger partial charge is 0.330 e. The van der Waals surface area contributed by atoms with Gasteiger partial charge in [-0.2, -0.15) is 0 Å². The summed E-state index contributed by atoms with van der Waals surface area (Å²) in [4.78, 5) is 34.3. The van der Waals surface area contributed by atoms with Crippen LogP contribution in [0.3, 0.4) is 0 Å². The van der Waals surface area contributed by atoms with E-state index < -0.39 is 0 Å². The van der Waals surface area contributed by atoms with Crippen molar-refractivity contribution in [2.24, 2.45) is 0 Å². The second kappa shape index (κ2) is 9.15. The molecule has 0 aromatic carbocycles. The number of aromatic nitrogens is 2. The number of unbranched alkanes of at least 4 members (excludes halogenated alkanes) is 3. The number of ether oxygens (including phenoxy) is 1. The van der Waals surface area contributed by atoms with Crippen molar-refractivity contribution in [3.8, 4) is 0 Å². The first-order valence-electron chi connectivity index (χ1n) is 7.56. The SMILES string of the molecule is CCC(=O)OCCCCCCn1ccc(=O)n(CC)c1=O.